The molecule has 124 valence electrons. The van der Waals surface area contributed by atoms with Crippen molar-refractivity contribution in [3.8, 4) is 0 Å². The first-order valence-corrected chi connectivity index (χ1v) is 8.14. The predicted octanol–water partition coefficient (Wildman–Crippen LogP) is 0.896. The Labute approximate surface area is 137 Å². The van der Waals surface area contributed by atoms with Crippen LogP contribution in [0.5, 0.6) is 0 Å². The average Bonchev–Trinajstić information content (AvgIpc) is 2.81. The zero-order valence-corrected chi connectivity index (χ0v) is 14.0. The number of amides is 1. The van der Waals surface area contributed by atoms with Crippen molar-refractivity contribution in [3.05, 3.63) is 47.2 Å². The third-order valence-corrected chi connectivity index (χ3v) is 4.50. The molecule has 23 heavy (non-hydrogen) atoms. The maximum Gasteiger partial charge on any atom is 0.290 e. The van der Waals surface area contributed by atoms with Crippen LogP contribution in [0.15, 0.2) is 41.7 Å². The fourth-order valence-electron chi connectivity index (χ4n) is 3.11. The minimum atomic E-state index is -0.490. The lowest BCUT2D eigenvalue weighted by atomic mass is 9.97. The van der Waals surface area contributed by atoms with Crippen LogP contribution >= 0.6 is 0 Å². The van der Waals surface area contributed by atoms with E-state index in [1.165, 1.54) is 11.8 Å². The van der Waals surface area contributed by atoms with E-state index in [2.05, 4.69) is 13.8 Å². The topological polar surface area (TPSA) is 62.1 Å². The molecule has 0 aliphatic carbocycles. The van der Waals surface area contributed by atoms with Crippen molar-refractivity contribution in [3.63, 3.8) is 0 Å². The minimum Gasteiger partial charge on any atom is -0.503 e. The molecule has 5 nitrogen and oxygen atoms in total. The summed E-state index contributed by atoms with van der Waals surface area (Å²) in [4.78, 5) is 27.4. The first-order valence-electron chi connectivity index (χ1n) is 8.14. The highest BCUT2D eigenvalue weighted by atomic mass is 16.3. The van der Waals surface area contributed by atoms with E-state index in [1.54, 1.807) is 4.90 Å². The van der Waals surface area contributed by atoms with Gasteiger partial charge in [0.05, 0.1) is 37.8 Å². The summed E-state index contributed by atoms with van der Waals surface area (Å²) in [6.45, 7) is 8.87. The van der Waals surface area contributed by atoms with Crippen LogP contribution in [0.4, 0.5) is 0 Å². The normalized spacial score (nSPS) is 18.2. The lowest BCUT2D eigenvalue weighted by Crippen LogP contribution is -3.12. The molecule has 2 N–H and O–H groups in total. The molecule has 5 heteroatoms. The molecule has 0 aromatic heterocycles. The number of quaternary nitrogens is 1. The number of rotatable bonds is 7. The maximum atomic E-state index is 12.4. The molecule has 1 aliphatic rings. The van der Waals surface area contributed by atoms with Gasteiger partial charge in [-0.1, -0.05) is 30.3 Å². The molecule has 0 saturated heterocycles. The second-order valence-corrected chi connectivity index (χ2v) is 5.84. The summed E-state index contributed by atoms with van der Waals surface area (Å²) in [5.41, 5.74) is 1.06. The van der Waals surface area contributed by atoms with E-state index in [4.69, 9.17) is 0 Å². The average molecular weight is 317 g/mol. The summed E-state index contributed by atoms with van der Waals surface area (Å²) in [6, 6.07) is 8.92. The van der Waals surface area contributed by atoms with Crippen molar-refractivity contribution in [2.75, 3.05) is 26.2 Å². The van der Waals surface area contributed by atoms with Gasteiger partial charge in [-0.15, -0.1) is 0 Å². The second kappa shape index (κ2) is 7.42. The zero-order chi connectivity index (χ0) is 17.0. The van der Waals surface area contributed by atoms with Crippen LogP contribution in [0.2, 0.25) is 0 Å². The molecule has 0 unspecified atom stereocenters. The second-order valence-electron chi connectivity index (χ2n) is 5.84. The third kappa shape index (κ3) is 3.45. The van der Waals surface area contributed by atoms with Crippen LogP contribution in [-0.2, 0) is 9.59 Å². The van der Waals surface area contributed by atoms with Crippen LogP contribution in [0.25, 0.3) is 0 Å². The predicted molar refractivity (Wildman–Crippen MR) is 88.1 cm³/mol. The molecular weight excluding hydrogens is 292 g/mol. The van der Waals surface area contributed by atoms with Gasteiger partial charge in [-0.3, -0.25) is 9.59 Å². The van der Waals surface area contributed by atoms with E-state index in [-0.39, 0.29) is 11.4 Å². The Morgan fingerprint density at radius 3 is 2.35 bits per heavy atom. The maximum absolute atomic E-state index is 12.4. The molecule has 0 spiro atoms. The highest BCUT2D eigenvalue weighted by Crippen LogP contribution is 2.36. The van der Waals surface area contributed by atoms with Crippen LogP contribution in [0, 0.1) is 0 Å². The van der Waals surface area contributed by atoms with Crippen molar-refractivity contribution in [2.45, 2.75) is 26.8 Å². The number of Topliss-reactive ketones (excluding diaryl/α,β-unsaturated/α-hetero) is 1. The number of carbonyl (C=O) groups excluding carboxylic acids is 2. The molecule has 0 saturated carbocycles. The first-order chi connectivity index (χ1) is 11.0. The molecule has 0 radical (unpaired) electrons. The third-order valence-electron chi connectivity index (χ3n) is 4.50. The molecule has 1 aromatic rings. The summed E-state index contributed by atoms with van der Waals surface area (Å²) >= 11 is 0. The molecule has 1 aromatic carbocycles. The number of likely N-dealkylation sites (N-methyl/N-ethyl adjacent to an activating group) is 1. The fourth-order valence-corrected chi connectivity index (χ4v) is 3.11. The van der Waals surface area contributed by atoms with E-state index >= 15 is 0 Å². The number of hydrogen-bond donors (Lipinski definition) is 2. The quantitative estimate of drug-likeness (QED) is 0.785. The summed E-state index contributed by atoms with van der Waals surface area (Å²) in [5.74, 6) is -1.11. The van der Waals surface area contributed by atoms with Crippen LogP contribution < -0.4 is 4.90 Å². The van der Waals surface area contributed by atoms with Crippen molar-refractivity contribution < 1.29 is 19.6 Å². The van der Waals surface area contributed by atoms with Gasteiger partial charge in [0.2, 0.25) is 0 Å². The molecule has 0 fully saturated rings. The Hall–Kier alpha value is -2.14. The van der Waals surface area contributed by atoms with Gasteiger partial charge in [-0.2, -0.15) is 0 Å². The van der Waals surface area contributed by atoms with E-state index < -0.39 is 17.7 Å². The SMILES string of the molecule is CC[NH+](CC)CCN1C(=O)C(O)=C(C(C)=O)[C@@H]1c1ccccc1. The Kier molecular flexibility index (Phi) is 5.55. The number of aliphatic hydroxyl groups excluding tert-OH is 1. The van der Waals surface area contributed by atoms with Gasteiger partial charge >= 0.3 is 0 Å². The molecular formula is C18H25N2O3+. The Morgan fingerprint density at radius 1 is 1.22 bits per heavy atom. The molecule has 1 amide bonds. The number of nitrogens with zero attached hydrogens (tertiary/aromatic N) is 1. The highest BCUT2D eigenvalue weighted by Gasteiger charge is 2.42. The number of carbonyl (C=O) groups is 2. The minimum absolute atomic E-state index is 0.204. The number of hydrogen-bond acceptors (Lipinski definition) is 3. The van der Waals surface area contributed by atoms with Crippen LogP contribution in [0.1, 0.15) is 32.4 Å². The van der Waals surface area contributed by atoms with Crippen LogP contribution in [-0.4, -0.2) is 47.9 Å². The first kappa shape index (κ1) is 17.2. The van der Waals surface area contributed by atoms with Gasteiger partial charge in [-0.25, -0.2) is 0 Å². The summed E-state index contributed by atoms with van der Waals surface area (Å²) in [5, 5.41) is 10.2. The monoisotopic (exact) mass is 317 g/mol. The fraction of sp³-hybridized carbons (Fsp3) is 0.444. The van der Waals surface area contributed by atoms with Gasteiger partial charge in [-0.05, 0) is 26.3 Å². The van der Waals surface area contributed by atoms with Crippen molar-refractivity contribution >= 4 is 11.7 Å². The van der Waals surface area contributed by atoms with Gasteiger partial charge in [0, 0.05) is 0 Å². The van der Waals surface area contributed by atoms with E-state index in [1.807, 2.05) is 30.3 Å². The van der Waals surface area contributed by atoms with E-state index in [0.717, 1.165) is 25.2 Å². The lowest BCUT2D eigenvalue weighted by molar-refractivity contribution is -0.895. The van der Waals surface area contributed by atoms with Gasteiger partial charge in [0.25, 0.3) is 5.91 Å². The summed E-state index contributed by atoms with van der Waals surface area (Å²) in [6.07, 6.45) is 0. The van der Waals surface area contributed by atoms with Crippen molar-refractivity contribution in [1.29, 1.82) is 0 Å². The van der Waals surface area contributed by atoms with E-state index in [9.17, 15) is 14.7 Å². The Balaban J connectivity index is 2.33. The number of aliphatic hydroxyl groups is 1. The lowest BCUT2D eigenvalue weighted by Gasteiger charge is -2.28. The van der Waals surface area contributed by atoms with Gasteiger partial charge in [0.15, 0.2) is 11.5 Å². The van der Waals surface area contributed by atoms with Gasteiger partial charge < -0.3 is 14.9 Å². The van der Waals surface area contributed by atoms with Crippen molar-refractivity contribution in [2.24, 2.45) is 0 Å². The zero-order valence-electron chi connectivity index (χ0n) is 14.0. The molecule has 1 aliphatic heterocycles. The Bertz CT molecular complexity index is 606. The molecule has 1 heterocycles. The molecule has 2 rings (SSSR count). The van der Waals surface area contributed by atoms with Crippen molar-refractivity contribution in [1.82, 2.24) is 4.90 Å². The molecule has 1 atom stereocenters. The summed E-state index contributed by atoms with van der Waals surface area (Å²) in [7, 11) is 0. The number of ketones is 1. The largest absolute Gasteiger partial charge is 0.503 e. The number of nitrogens with one attached hydrogen (secondary N) is 1. The number of benzene rings is 1. The van der Waals surface area contributed by atoms with Gasteiger partial charge in [0.1, 0.15) is 0 Å². The van der Waals surface area contributed by atoms with Crippen LogP contribution in [0.3, 0.4) is 0 Å². The standard InChI is InChI=1S/C18H24N2O3/c1-4-19(5-2)11-12-20-16(14-9-7-6-8-10-14)15(13(3)21)17(22)18(20)23/h6-10,16,22H,4-5,11-12H2,1-3H3/p+1/t16-/m0/s1. The Morgan fingerprint density at radius 2 is 1.83 bits per heavy atom. The molecule has 0 bridgehead atoms. The van der Waals surface area contributed by atoms with E-state index in [0.29, 0.717) is 6.54 Å². The highest BCUT2D eigenvalue weighted by molar-refractivity contribution is 6.08. The smallest absolute Gasteiger partial charge is 0.290 e. The summed E-state index contributed by atoms with van der Waals surface area (Å²) < 4.78 is 0.